The number of ether oxygens (including phenoxy) is 3. The van der Waals surface area contributed by atoms with Gasteiger partial charge in [0.25, 0.3) is 0 Å². The van der Waals surface area contributed by atoms with Crippen LogP contribution in [0.2, 0.25) is 0 Å². The maximum Gasteiger partial charge on any atom is 0.164 e. The molecule has 4 nitrogen and oxygen atoms in total. The number of para-hydroxylation sites is 2. The van der Waals surface area contributed by atoms with Gasteiger partial charge < -0.3 is 19.9 Å². The molecule has 0 saturated carbocycles. The highest BCUT2D eigenvalue weighted by Gasteiger charge is 2.19. The smallest absolute Gasteiger partial charge is 0.164 e. The highest BCUT2D eigenvalue weighted by atomic mass is 16.5. The minimum atomic E-state index is 0.150. The summed E-state index contributed by atoms with van der Waals surface area (Å²) in [6.45, 7) is 3.28. The van der Waals surface area contributed by atoms with Crippen LogP contribution in [0.1, 0.15) is 30.4 Å². The third-order valence-electron chi connectivity index (χ3n) is 4.06. The van der Waals surface area contributed by atoms with Crippen molar-refractivity contribution in [1.29, 1.82) is 0 Å². The maximum absolute atomic E-state index is 6.07. The molecule has 2 rings (SSSR count). The Hall–Kier alpha value is -2.20. The fraction of sp³-hybridized carbons (Fsp3) is 0.400. The number of hydrogen-bond donors (Lipinski definition) is 1. The quantitative estimate of drug-likeness (QED) is 0.761. The number of benzene rings is 2. The van der Waals surface area contributed by atoms with Gasteiger partial charge in [0.15, 0.2) is 11.5 Å². The molecule has 4 heteroatoms. The first-order valence-electron chi connectivity index (χ1n) is 8.36. The Morgan fingerprint density at radius 1 is 0.958 bits per heavy atom. The van der Waals surface area contributed by atoms with E-state index in [0.29, 0.717) is 13.2 Å². The van der Waals surface area contributed by atoms with Crippen LogP contribution >= 0.6 is 0 Å². The van der Waals surface area contributed by atoms with E-state index in [9.17, 15) is 0 Å². The summed E-state index contributed by atoms with van der Waals surface area (Å²) >= 11 is 0. The van der Waals surface area contributed by atoms with Crippen LogP contribution < -0.4 is 19.9 Å². The van der Waals surface area contributed by atoms with Crippen molar-refractivity contribution in [3.05, 3.63) is 53.6 Å². The second kappa shape index (κ2) is 9.18. The zero-order valence-corrected chi connectivity index (χ0v) is 14.7. The van der Waals surface area contributed by atoms with E-state index in [1.165, 1.54) is 0 Å². The largest absolute Gasteiger partial charge is 0.496 e. The van der Waals surface area contributed by atoms with Crippen molar-refractivity contribution in [2.75, 3.05) is 27.4 Å². The van der Waals surface area contributed by atoms with Gasteiger partial charge in [0.2, 0.25) is 0 Å². The molecule has 0 aliphatic carbocycles. The summed E-state index contributed by atoms with van der Waals surface area (Å²) < 4.78 is 16.9. The van der Waals surface area contributed by atoms with E-state index in [1.807, 2.05) is 30.3 Å². The standard InChI is InChI=1S/C20H27NO3/c1-4-12-24-20-15(8-7-11-19(20)23-3)13-16(14-21)17-9-5-6-10-18(17)22-2/h5-11,16H,4,12-14,21H2,1-3H3. The molecule has 2 aromatic carbocycles. The Balaban J connectivity index is 2.33. The van der Waals surface area contributed by atoms with Crippen molar-refractivity contribution in [2.45, 2.75) is 25.7 Å². The molecule has 2 aromatic rings. The van der Waals surface area contributed by atoms with Gasteiger partial charge in [0, 0.05) is 5.92 Å². The average molecular weight is 329 g/mol. The number of methoxy groups -OCH3 is 2. The highest BCUT2D eigenvalue weighted by molar-refractivity contribution is 5.48. The number of hydrogen-bond acceptors (Lipinski definition) is 4. The molecule has 24 heavy (non-hydrogen) atoms. The minimum absolute atomic E-state index is 0.150. The summed E-state index contributed by atoms with van der Waals surface area (Å²) in [4.78, 5) is 0. The van der Waals surface area contributed by atoms with Gasteiger partial charge in [-0.15, -0.1) is 0 Å². The maximum atomic E-state index is 6.07. The zero-order chi connectivity index (χ0) is 17.4. The molecule has 0 aromatic heterocycles. The molecule has 0 fully saturated rings. The summed E-state index contributed by atoms with van der Waals surface area (Å²) in [5.41, 5.74) is 8.29. The van der Waals surface area contributed by atoms with Crippen LogP contribution in [-0.2, 0) is 6.42 Å². The van der Waals surface area contributed by atoms with Crippen LogP contribution in [0.4, 0.5) is 0 Å². The Bertz CT molecular complexity index is 643. The summed E-state index contributed by atoms with van der Waals surface area (Å²) in [6, 6.07) is 14.0. The fourth-order valence-electron chi connectivity index (χ4n) is 2.84. The lowest BCUT2D eigenvalue weighted by atomic mass is 9.91. The molecule has 0 spiro atoms. The molecule has 0 saturated heterocycles. The van der Waals surface area contributed by atoms with Crippen LogP contribution in [-0.4, -0.2) is 27.4 Å². The van der Waals surface area contributed by atoms with Crippen LogP contribution in [0.5, 0.6) is 17.2 Å². The second-order valence-electron chi connectivity index (χ2n) is 5.68. The average Bonchev–Trinajstić information content (AvgIpc) is 2.64. The van der Waals surface area contributed by atoms with Crippen LogP contribution in [0.25, 0.3) is 0 Å². The van der Waals surface area contributed by atoms with Crippen molar-refractivity contribution < 1.29 is 14.2 Å². The van der Waals surface area contributed by atoms with Gasteiger partial charge in [-0.1, -0.05) is 37.3 Å². The molecule has 2 N–H and O–H groups in total. The summed E-state index contributed by atoms with van der Waals surface area (Å²) in [5, 5.41) is 0. The number of nitrogens with two attached hydrogens (primary N) is 1. The van der Waals surface area contributed by atoms with Crippen molar-refractivity contribution >= 4 is 0 Å². The molecule has 0 bridgehead atoms. The molecule has 0 aliphatic rings. The predicted octanol–water partition coefficient (Wildman–Crippen LogP) is 3.78. The summed E-state index contributed by atoms with van der Waals surface area (Å²) in [6.07, 6.45) is 1.72. The second-order valence-corrected chi connectivity index (χ2v) is 5.68. The third kappa shape index (κ3) is 4.20. The lowest BCUT2D eigenvalue weighted by Crippen LogP contribution is -2.16. The molecule has 0 aliphatic heterocycles. The normalized spacial score (nSPS) is 11.8. The van der Waals surface area contributed by atoms with Gasteiger partial charge in [-0.2, -0.15) is 0 Å². The molecule has 1 unspecified atom stereocenters. The van der Waals surface area contributed by atoms with Crippen LogP contribution in [0.3, 0.4) is 0 Å². The van der Waals surface area contributed by atoms with Gasteiger partial charge >= 0.3 is 0 Å². The lowest BCUT2D eigenvalue weighted by Gasteiger charge is -2.21. The van der Waals surface area contributed by atoms with E-state index in [0.717, 1.165) is 41.2 Å². The lowest BCUT2D eigenvalue weighted by molar-refractivity contribution is 0.290. The monoisotopic (exact) mass is 329 g/mol. The molecule has 0 heterocycles. The van der Waals surface area contributed by atoms with E-state index in [-0.39, 0.29) is 5.92 Å². The van der Waals surface area contributed by atoms with Gasteiger partial charge in [-0.3, -0.25) is 0 Å². The Morgan fingerprint density at radius 2 is 1.67 bits per heavy atom. The van der Waals surface area contributed by atoms with Gasteiger partial charge in [0.05, 0.1) is 20.8 Å². The van der Waals surface area contributed by atoms with E-state index >= 15 is 0 Å². The number of rotatable bonds is 9. The Labute approximate surface area is 144 Å². The van der Waals surface area contributed by atoms with E-state index in [1.54, 1.807) is 14.2 Å². The first-order valence-corrected chi connectivity index (χ1v) is 8.36. The van der Waals surface area contributed by atoms with Crippen molar-refractivity contribution in [1.82, 2.24) is 0 Å². The minimum Gasteiger partial charge on any atom is -0.496 e. The predicted molar refractivity (Wildman–Crippen MR) is 97.3 cm³/mol. The first kappa shape index (κ1) is 18.1. The van der Waals surface area contributed by atoms with Gasteiger partial charge in [-0.25, -0.2) is 0 Å². The van der Waals surface area contributed by atoms with E-state index in [4.69, 9.17) is 19.9 Å². The third-order valence-corrected chi connectivity index (χ3v) is 4.06. The highest BCUT2D eigenvalue weighted by Crippen LogP contribution is 2.36. The van der Waals surface area contributed by atoms with E-state index < -0.39 is 0 Å². The fourth-order valence-corrected chi connectivity index (χ4v) is 2.84. The first-order chi connectivity index (χ1) is 11.7. The Morgan fingerprint density at radius 3 is 2.33 bits per heavy atom. The molecule has 1 atom stereocenters. The molecule has 0 radical (unpaired) electrons. The SMILES string of the molecule is CCCOc1c(CC(CN)c2ccccc2OC)cccc1OC. The molecule has 130 valence electrons. The van der Waals surface area contributed by atoms with Crippen LogP contribution in [0, 0.1) is 0 Å². The summed E-state index contributed by atoms with van der Waals surface area (Å²) in [5.74, 6) is 2.59. The molecular weight excluding hydrogens is 302 g/mol. The van der Waals surface area contributed by atoms with Gasteiger partial charge in [-0.05, 0) is 42.6 Å². The molecular formula is C20H27NO3. The van der Waals surface area contributed by atoms with Gasteiger partial charge in [0.1, 0.15) is 5.75 Å². The topological polar surface area (TPSA) is 53.7 Å². The van der Waals surface area contributed by atoms with Crippen molar-refractivity contribution in [3.8, 4) is 17.2 Å². The van der Waals surface area contributed by atoms with E-state index in [2.05, 4.69) is 19.1 Å². The van der Waals surface area contributed by atoms with Crippen molar-refractivity contribution in [2.24, 2.45) is 5.73 Å². The summed E-state index contributed by atoms with van der Waals surface area (Å²) in [7, 11) is 3.35. The van der Waals surface area contributed by atoms with Crippen LogP contribution in [0.15, 0.2) is 42.5 Å². The van der Waals surface area contributed by atoms with Crippen molar-refractivity contribution in [3.63, 3.8) is 0 Å². The molecule has 0 amide bonds. The zero-order valence-electron chi connectivity index (χ0n) is 14.7. The Kier molecular flexibility index (Phi) is 6.94.